The van der Waals surface area contributed by atoms with Gasteiger partial charge in [0.05, 0.1) is 11.7 Å². The van der Waals surface area contributed by atoms with Gasteiger partial charge >= 0.3 is 0 Å². The molecule has 0 radical (unpaired) electrons. The van der Waals surface area contributed by atoms with Crippen LogP contribution in [-0.2, 0) is 25.7 Å². The van der Waals surface area contributed by atoms with Crippen LogP contribution < -0.4 is 10.6 Å². The first-order chi connectivity index (χ1) is 14.9. The number of likely N-dealkylation sites (tertiary alicyclic amines) is 1. The predicted molar refractivity (Wildman–Crippen MR) is 116 cm³/mol. The smallest absolute Gasteiger partial charge is 0.246 e. The Bertz CT molecular complexity index is 918. The highest BCUT2D eigenvalue weighted by Crippen LogP contribution is 2.16. The molecule has 0 aromatic carbocycles. The van der Waals surface area contributed by atoms with E-state index in [9.17, 15) is 14.4 Å². The summed E-state index contributed by atoms with van der Waals surface area (Å²) in [5.41, 5.74) is 0.938. The second-order valence-electron chi connectivity index (χ2n) is 8.26. The molecule has 2 aromatic heterocycles. The van der Waals surface area contributed by atoms with Crippen LogP contribution in [0.1, 0.15) is 26.7 Å². The number of hydrogen-bond donors (Lipinski definition) is 2. The summed E-state index contributed by atoms with van der Waals surface area (Å²) in [6.45, 7) is 5.14. The van der Waals surface area contributed by atoms with E-state index in [2.05, 4.69) is 15.6 Å². The first kappa shape index (κ1) is 22.7. The molecular formula is C22H31N5O4. The van der Waals surface area contributed by atoms with Crippen LogP contribution in [0.3, 0.4) is 0 Å². The molecule has 3 heterocycles. The predicted octanol–water partition coefficient (Wildman–Crippen LogP) is 0.931. The zero-order valence-corrected chi connectivity index (χ0v) is 18.3. The van der Waals surface area contributed by atoms with Gasteiger partial charge in [-0.2, -0.15) is 0 Å². The second-order valence-corrected chi connectivity index (χ2v) is 8.26. The van der Waals surface area contributed by atoms with Crippen molar-refractivity contribution in [3.8, 4) is 0 Å². The van der Waals surface area contributed by atoms with E-state index in [0.717, 1.165) is 10.9 Å². The number of ether oxygens (including phenoxy) is 1. The first-order valence-electron chi connectivity index (χ1n) is 10.6. The highest BCUT2D eigenvalue weighted by atomic mass is 16.5. The second kappa shape index (κ2) is 10.4. The third-order valence-electron chi connectivity index (χ3n) is 5.62. The van der Waals surface area contributed by atoms with Gasteiger partial charge in [-0.3, -0.25) is 19.4 Å². The van der Waals surface area contributed by atoms with Gasteiger partial charge in [-0.25, -0.2) is 0 Å². The highest BCUT2D eigenvalue weighted by molar-refractivity contribution is 5.88. The Morgan fingerprint density at radius 3 is 2.65 bits per heavy atom. The molecule has 2 aromatic rings. The topological polar surface area (TPSA) is 106 Å². The number of amides is 3. The Morgan fingerprint density at radius 2 is 1.97 bits per heavy atom. The van der Waals surface area contributed by atoms with Gasteiger partial charge in [0.15, 0.2) is 0 Å². The summed E-state index contributed by atoms with van der Waals surface area (Å²) in [5, 5.41) is 6.81. The van der Waals surface area contributed by atoms with Crippen LogP contribution >= 0.6 is 0 Å². The fourth-order valence-corrected chi connectivity index (χ4v) is 3.86. The number of methoxy groups -OCH3 is 1. The van der Waals surface area contributed by atoms with Gasteiger partial charge in [0.25, 0.3) is 0 Å². The van der Waals surface area contributed by atoms with Crippen LogP contribution in [0, 0.1) is 5.92 Å². The molecule has 9 heteroatoms. The Hall–Kier alpha value is -2.94. The van der Waals surface area contributed by atoms with Gasteiger partial charge in [-0.1, -0.05) is 13.8 Å². The van der Waals surface area contributed by atoms with Crippen LogP contribution in [-0.4, -0.2) is 71.1 Å². The number of piperidine rings is 1. The van der Waals surface area contributed by atoms with E-state index in [1.54, 1.807) is 12.4 Å². The van der Waals surface area contributed by atoms with Gasteiger partial charge in [-0.05, 0) is 30.9 Å². The van der Waals surface area contributed by atoms with E-state index in [-0.39, 0.29) is 42.8 Å². The summed E-state index contributed by atoms with van der Waals surface area (Å²) in [6, 6.07) is 3.27. The van der Waals surface area contributed by atoms with Crippen molar-refractivity contribution in [2.24, 2.45) is 5.92 Å². The van der Waals surface area contributed by atoms with Crippen molar-refractivity contribution in [1.82, 2.24) is 25.1 Å². The third kappa shape index (κ3) is 5.81. The summed E-state index contributed by atoms with van der Waals surface area (Å²) in [5.74, 6) is -0.508. The molecule has 168 valence electrons. The van der Waals surface area contributed by atoms with Crippen LogP contribution in [0.5, 0.6) is 0 Å². The standard InChI is InChI=1S/C22H31N5O4/c1-15(2)21(25-19(28)14-31-3)22(30)24-17-6-10-26(11-7-17)20(29)13-27-9-5-16-4-8-23-12-18(16)27/h4-5,8-9,12,15,17,21H,6-7,10-11,13-14H2,1-3H3,(H,24,30)(H,25,28). The molecule has 1 aliphatic heterocycles. The minimum Gasteiger partial charge on any atom is -0.375 e. The minimum atomic E-state index is -0.613. The van der Waals surface area contributed by atoms with Crippen LogP contribution in [0.2, 0.25) is 0 Å². The lowest BCUT2D eigenvalue weighted by Crippen LogP contribution is -2.55. The summed E-state index contributed by atoms with van der Waals surface area (Å²) < 4.78 is 6.73. The van der Waals surface area contributed by atoms with Crippen LogP contribution in [0.15, 0.2) is 30.7 Å². The summed E-state index contributed by atoms with van der Waals surface area (Å²) in [6.07, 6.45) is 6.77. The van der Waals surface area contributed by atoms with Crippen LogP contribution in [0.4, 0.5) is 0 Å². The molecular weight excluding hydrogens is 398 g/mol. The molecule has 0 spiro atoms. The fraction of sp³-hybridized carbons (Fsp3) is 0.545. The van der Waals surface area contributed by atoms with Crippen molar-refractivity contribution in [1.29, 1.82) is 0 Å². The summed E-state index contributed by atoms with van der Waals surface area (Å²) in [7, 11) is 1.44. The zero-order chi connectivity index (χ0) is 22.4. The maximum Gasteiger partial charge on any atom is 0.246 e. The normalized spacial score (nSPS) is 15.8. The lowest BCUT2D eigenvalue weighted by Gasteiger charge is -2.33. The molecule has 1 saturated heterocycles. The zero-order valence-electron chi connectivity index (χ0n) is 18.3. The number of nitrogens with zero attached hydrogens (tertiary/aromatic N) is 3. The van der Waals surface area contributed by atoms with Gasteiger partial charge < -0.3 is 24.8 Å². The molecule has 2 N–H and O–H groups in total. The molecule has 1 fully saturated rings. The molecule has 1 unspecified atom stereocenters. The Morgan fingerprint density at radius 1 is 1.23 bits per heavy atom. The number of fused-ring (bicyclic) bond motifs is 1. The Kier molecular flexibility index (Phi) is 7.62. The number of aromatic nitrogens is 2. The van der Waals surface area contributed by atoms with E-state index < -0.39 is 6.04 Å². The van der Waals surface area contributed by atoms with Gasteiger partial charge in [0, 0.05) is 44.0 Å². The van der Waals surface area contributed by atoms with Crippen molar-refractivity contribution >= 4 is 28.6 Å². The number of carbonyl (C=O) groups is 3. The van der Waals surface area contributed by atoms with E-state index in [4.69, 9.17) is 4.74 Å². The molecule has 0 aliphatic carbocycles. The summed E-state index contributed by atoms with van der Waals surface area (Å²) in [4.78, 5) is 43.2. The Labute approximate surface area is 182 Å². The van der Waals surface area contributed by atoms with Crippen LogP contribution in [0.25, 0.3) is 10.9 Å². The van der Waals surface area contributed by atoms with E-state index in [1.165, 1.54) is 7.11 Å². The van der Waals surface area contributed by atoms with Gasteiger partial charge in [-0.15, -0.1) is 0 Å². The average molecular weight is 430 g/mol. The number of carbonyl (C=O) groups excluding carboxylic acids is 3. The quantitative estimate of drug-likeness (QED) is 0.650. The Balaban J connectivity index is 1.49. The van der Waals surface area contributed by atoms with Gasteiger partial charge in [0.1, 0.15) is 19.2 Å². The SMILES string of the molecule is COCC(=O)NC(C(=O)NC1CCN(C(=O)Cn2ccc3ccncc32)CC1)C(C)C. The summed E-state index contributed by atoms with van der Waals surface area (Å²) >= 11 is 0. The van der Waals surface area contributed by atoms with E-state index >= 15 is 0 Å². The number of rotatable bonds is 8. The maximum atomic E-state index is 12.8. The average Bonchev–Trinajstić information content (AvgIpc) is 3.15. The van der Waals surface area contributed by atoms with Crippen molar-refractivity contribution in [2.75, 3.05) is 26.8 Å². The van der Waals surface area contributed by atoms with E-state index in [1.807, 2.05) is 41.6 Å². The van der Waals surface area contributed by atoms with Crippen molar-refractivity contribution < 1.29 is 19.1 Å². The molecule has 9 nitrogen and oxygen atoms in total. The fourth-order valence-electron chi connectivity index (χ4n) is 3.86. The number of hydrogen-bond acceptors (Lipinski definition) is 5. The number of nitrogens with one attached hydrogen (secondary N) is 2. The van der Waals surface area contributed by atoms with Crippen molar-refractivity contribution in [2.45, 2.75) is 45.3 Å². The first-order valence-corrected chi connectivity index (χ1v) is 10.6. The molecule has 31 heavy (non-hydrogen) atoms. The van der Waals surface area contributed by atoms with Gasteiger partial charge in [0.2, 0.25) is 17.7 Å². The van der Waals surface area contributed by atoms with E-state index in [0.29, 0.717) is 25.9 Å². The molecule has 3 rings (SSSR count). The molecule has 1 atom stereocenters. The molecule has 0 bridgehead atoms. The lowest BCUT2D eigenvalue weighted by molar-refractivity contribution is -0.134. The van der Waals surface area contributed by atoms with Crippen molar-refractivity contribution in [3.05, 3.63) is 30.7 Å². The van der Waals surface area contributed by atoms with Crippen molar-refractivity contribution in [3.63, 3.8) is 0 Å². The third-order valence-corrected chi connectivity index (χ3v) is 5.62. The lowest BCUT2D eigenvalue weighted by atomic mass is 10.0. The largest absolute Gasteiger partial charge is 0.375 e. The highest BCUT2D eigenvalue weighted by Gasteiger charge is 2.29. The molecule has 1 aliphatic rings. The monoisotopic (exact) mass is 429 g/mol. The maximum absolute atomic E-state index is 12.8. The number of pyridine rings is 1. The molecule has 0 saturated carbocycles. The minimum absolute atomic E-state index is 0.0197. The molecule has 3 amide bonds.